The number of amides is 1. The van der Waals surface area contributed by atoms with Gasteiger partial charge >= 0.3 is 0 Å². The normalized spacial score (nSPS) is 16.2. The van der Waals surface area contributed by atoms with Gasteiger partial charge in [0, 0.05) is 43.5 Å². The second-order valence-corrected chi connectivity index (χ2v) is 7.97. The predicted octanol–water partition coefficient (Wildman–Crippen LogP) is 4.61. The van der Waals surface area contributed by atoms with Crippen molar-refractivity contribution in [2.75, 3.05) is 4.90 Å². The Kier molecular flexibility index (Phi) is 7.31. The zero-order valence-corrected chi connectivity index (χ0v) is 19.0. The Morgan fingerprint density at radius 3 is 2.77 bits per heavy atom. The van der Waals surface area contributed by atoms with Crippen LogP contribution in [0.3, 0.4) is 0 Å². The number of fused-ring (bicyclic) bond motifs is 2. The highest BCUT2D eigenvalue weighted by Gasteiger charge is 2.27. The summed E-state index contributed by atoms with van der Waals surface area (Å²) in [6, 6.07) is 17.2. The Labute approximate surface area is 195 Å². The van der Waals surface area contributed by atoms with E-state index in [0.29, 0.717) is 24.9 Å². The van der Waals surface area contributed by atoms with Crippen molar-refractivity contribution >= 4 is 36.4 Å². The zero-order chi connectivity index (χ0) is 19.8. The van der Waals surface area contributed by atoms with Crippen LogP contribution in [0.4, 0.5) is 5.69 Å². The average molecular weight is 460 g/mol. The van der Waals surface area contributed by atoms with Crippen molar-refractivity contribution in [3.05, 3.63) is 88.4 Å². The van der Waals surface area contributed by atoms with Crippen molar-refractivity contribution < 1.29 is 9.21 Å². The molecule has 2 aliphatic heterocycles. The first-order chi connectivity index (χ1) is 14.2. The monoisotopic (exact) mass is 459 g/mol. The van der Waals surface area contributed by atoms with Crippen LogP contribution < -0.4 is 15.5 Å². The van der Waals surface area contributed by atoms with Crippen molar-refractivity contribution in [1.29, 1.82) is 0 Å². The Morgan fingerprint density at radius 2 is 1.90 bits per heavy atom. The van der Waals surface area contributed by atoms with Crippen LogP contribution in [0.1, 0.15) is 45.3 Å². The lowest BCUT2D eigenvalue weighted by Gasteiger charge is -2.24. The van der Waals surface area contributed by atoms with Gasteiger partial charge in [0.2, 0.25) is 0 Å². The molecule has 164 valence electrons. The lowest BCUT2D eigenvalue weighted by atomic mass is 10.1. The number of para-hydroxylation sites is 1. The number of carbonyl (C=O) groups excluding carboxylic acids is 1. The highest BCUT2D eigenvalue weighted by Crippen LogP contribution is 2.33. The first-order valence-electron chi connectivity index (χ1n) is 10.2. The Morgan fingerprint density at radius 1 is 1.10 bits per heavy atom. The van der Waals surface area contributed by atoms with Gasteiger partial charge in [0.1, 0.15) is 0 Å². The number of carbonyl (C=O) groups is 1. The van der Waals surface area contributed by atoms with Crippen LogP contribution in [0.25, 0.3) is 0 Å². The molecule has 0 saturated heterocycles. The fourth-order valence-electron chi connectivity index (χ4n) is 4.43. The Balaban J connectivity index is 0.00000136. The second-order valence-electron chi connectivity index (χ2n) is 7.97. The fraction of sp³-hybridized carbons (Fsp3) is 0.292. The second kappa shape index (κ2) is 9.77. The van der Waals surface area contributed by atoms with Crippen LogP contribution in [0, 0.1) is 0 Å². The standard InChI is InChI=1S/C24H25N3O2.2ClH/c1-16-10-18-4-2-3-5-22(18)27(16)15-20-8-9-29-23(20)24(28)26-12-17-6-7-19-13-25-14-21(19)11-17;;/h2-9,11,16,25H,10,12-15H2,1H3,(H,26,28);2*1H. The molecule has 0 spiro atoms. The molecule has 1 unspecified atom stereocenters. The molecule has 5 nitrogen and oxygen atoms in total. The number of hydrogen-bond donors (Lipinski definition) is 2. The van der Waals surface area contributed by atoms with Crippen molar-refractivity contribution in [1.82, 2.24) is 10.6 Å². The summed E-state index contributed by atoms with van der Waals surface area (Å²) in [4.78, 5) is 15.2. The molecule has 5 rings (SSSR count). The van der Waals surface area contributed by atoms with Gasteiger partial charge in [-0.05, 0) is 47.7 Å². The van der Waals surface area contributed by atoms with E-state index in [1.54, 1.807) is 6.26 Å². The quantitative estimate of drug-likeness (QED) is 0.584. The van der Waals surface area contributed by atoms with Gasteiger partial charge in [0.05, 0.1) is 6.26 Å². The van der Waals surface area contributed by atoms with E-state index in [1.165, 1.54) is 22.4 Å². The van der Waals surface area contributed by atoms with Gasteiger partial charge in [0.15, 0.2) is 5.76 Å². The molecule has 0 aliphatic carbocycles. The first kappa shape index (κ1) is 23.2. The van der Waals surface area contributed by atoms with Crippen LogP contribution in [0.15, 0.2) is 59.2 Å². The molecule has 3 heterocycles. The molecule has 0 radical (unpaired) electrons. The van der Waals surface area contributed by atoms with E-state index in [4.69, 9.17) is 4.42 Å². The highest BCUT2D eigenvalue weighted by molar-refractivity contribution is 5.93. The molecule has 2 aromatic carbocycles. The smallest absolute Gasteiger partial charge is 0.287 e. The largest absolute Gasteiger partial charge is 0.459 e. The molecule has 1 aromatic heterocycles. The van der Waals surface area contributed by atoms with Crippen molar-refractivity contribution in [2.24, 2.45) is 0 Å². The van der Waals surface area contributed by atoms with Gasteiger partial charge in [-0.15, -0.1) is 24.8 Å². The summed E-state index contributed by atoms with van der Waals surface area (Å²) in [5.74, 6) is 0.244. The molecule has 0 fully saturated rings. The lowest BCUT2D eigenvalue weighted by Crippen LogP contribution is -2.30. The van der Waals surface area contributed by atoms with Gasteiger partial charge in [-0.3, -0.25) is 4.79 Å². The molecular formula is C24H27Cl2N3O2. The van der Waals surface area contributed by atoms with E-state index in [2.05, 4.69) is 64.9 Å². The maximum Gasteiger partial charge on any atom is 0.287 e. The molecule has 0 saturated carbocycles. The number of benzene rings is 2. The summed E-state index contributed by atoms with van der Waals surface area (Å²) < 4.78 is 5.57. The van der Waals surface area contributed by atoms with E-state index in [1.807, 2.05) is 6.07 Å². The first-order valence-corrected chi connectivity index (χ1v) is 10.2. The third-order valence-corrected chi connectivity index (χ3v) is 6.00. The minimum atomic E-state index is -0.163. The molecule has 7 heteroatoms. The molecule has 3 aromatic rings. The van der Waals surface area contributed by atoms with Crippen LogP contribution in [0.5, 0.6) is 0 Å². The average Bonchev–Trinajstić information content (AvgIpc) is 3.45. The topological polar surface area (TPSA) is 57.5 Å². The van der Waals surface area contributed by atoms with Crippen LogP contribution in [-0.4, -0.2) is 11.9 Å². The summed E-state index contributed by atoms with van der Waals surface area (Å²) in [7, 11) is 0. The van der Waals surface area contributed by atoms with E-state index < -0.39 is 0 Å². The molecular weight excluding hydrogens is 433 g/mol. The highest BCUT2D eigenvalue weighted by atomic mass is 35.5. The number of rotatable bonds is 5. The predicted molar refractivity (Wildman–Crippen MR) is 127 cm³/mol. The number of furan rings is 1. The maximum absolute atomic E-state index is 12.8. The van der Waals surface area contributed by atoms with Gasteiger partial charge in [-0.25, -0.2) is 0 Å². The number of hydrogen-bond acceptors (Lipinski definition) is 4. The molecule has 31 heavy (non-hydrogen) atoms. The van der Waals surface area contributed by atoms with Gasteiger partial charge in [-0.2, -0.15) is 0 Å². The number of nitrogens with zero attached hydrogens (tertiary/aromatic N) is 1. The van der Waals surface area contributed by atoms with Gasteiger partial charge in [0.25, 0.3) is 5.91 Å². The number of halogens is 2. The van der Waals surface area contributed by atoms with E-state index in [0.717, 1.165) is 30.6 Å². The number of nitrogens with one attached hydrogen (secondary N) is 2. The van der Waals surface area contributed by atoms with Crippen molar-refractivity contribution in [3.63, 3.8) is 0 Å². The lowest BCUT2D eigenvalue weighted by molar-refractivity contribution is 0.0921. The summed E-state index contributed by atoms with van der Waals surface area (Å²) >= 11 is 0. The SMILES string of the molecule is CC1Cc2ccccc2N1Cc1ccoc1C(=O)NCc1ccc2c(c1)CNC2.Cl.Cl. The summed E-state index contributed by atoms with van der Waals surface area (Å²) in [6.07, 6.45) is 2.64. The number of anilines is 1. The van der Waals surface area contributed by atoms with Crippen molar-refractivity contribution in [2.45, 2.75) is 45.6 Å². The van der Waals surface area contributed by atoms with E-state index >= 15 is 0 Å². The molecule has 1 amide bonds. The van der Waals surface area contributed by atoms with Crippen LogP contribution in [0.2, 0.25) is 0 Å². The van der Waals surface area contributed by atoms with Crippen LogP contribution >= 0.6 is 24.8 Å². The Bertz CT molecular complexity index is 1070. The third-order valence-electron chi connectivity index (χ3n) is 6.00. The minimum absolute atomic E-state index is 0. The summed E-state index contributed by atoms with van der Waals surface area (Å²) in [5.41, 5.74) is 7.30. The summed E-state index contributed by atoms with van der Waals surface area (Å²) in [6.45, 7) is 5.21. The van der Waals surface area contributed by atoms with Crippen LogP contribution in [-0.2, 0) is 32.6 Å². The third kappa shape index (κ3) is 4.59. The fourth-order valence-corrected chi connectivity index (χ4v) is 4.43. The van der Waals surface area contributed by atoms with E-state index in [-0.39, 0.29) is 30.7 Å². The minimum Gasteiger partial charge on any atom is -0.459 e. The molecule has 1 atom stereocenters. The maximum atomic E-state index is 12.8. The van der Waals surface area contributed by atoms with Crippen molar-refractivity contribution in [3.8, 4) is 0 Å². The summed E-state index contributed by atoms with van der Waals surface area (Å²) in [5, 5.41) is 6.36. The molecule has 2 aliphatic rings. The molecule has 0 bridgehead atoms. The Hall–Kier alpha value is -2.47. The van der Waals surface area contributed by atoms with E-state index in [9.17, 15) is 4.79 Å². The van der Waals surface area contributed by atoms with Gasteiger partial charge in [-0.1, -0.05) is 36.4 Å². The zero-order valence-electron chi connectivity index (χ0n) is 17.4. The molecule has 2 N–H and O–H groups in total. The van der Waals surface area contributed by atoms with Gasteiger partial charge < -0.3 is 20.0 Å².